The van der Waals surface area contributed by atoms with E-state index >= 15 is 0 Å². The average Bonchev–Trinajstić information content (AvgIpc) is 3.10. The van der Waals surface area contributed by atoms with E-state index in [1.54, 1.807) is 29.2 Å². The van der Waals surface area contributed by atoms with E-state index in [1.807, 2.05) is 36.9 Å². The number of benzene rings is 2. The van der Waals surface area contributed by atoms with Gasteiger partial charge in [0.2, 0.25) is 0 Å². The second kappa shape index (κ2) is 9.90. The van der Waals surface area contributed by atoms with Gasteiger partial charge in [-0.05, 0) is 50.1 Å². The summed E-state index contributed by atoms with van der Waals surface area (Å²) >= 11 is 0. The molecule has 0 radical (unpaired) electrons. The molecule has 4 rings (SSSR count). The van der Waals surface area contributed by atoms with Crippen LogP contribution < -0.4 is 4.90 Å². The molecule has 1 aliphatic rings. The topological polar surface area (TPSA) is 53.5 Å². The van der Waals surface area contributed by atoms with E-state index in [0.29, 0.717) is 55.1 Å². The van der Waals surface area contributed by atoms with E-state index in [-0.39, 0.29) is 11.7 Å². The first-order valence-electron chi connectivity index (χ1n) is 11.4. The van der Waals surface area contributed by atoms with Gasteiger partial charge in [-0.1, -0.05) is 35.9 Å². The molecule has 0 unspecified atom stereocenters. The highest BCUT2D eigenvalue weighted by Gasteiger charge is 2.31. The van der Waals surface area contributed by atoms with Gasteiger partial charge < -0.3 is 9.80 Å². The van der Waals surface area contributed by atoms with Crippen molar-refractivity contribution in [3.05, 3.63) is 94.2 Å². The minimum atomic E-state index is -4.44. The summed E-state index contributed by atoms with van der Waals surface area (Å²) in [5.74, 6) is 0.0137. The molecule has 1 saturated heterocycles. The molecule has 0 bridgehead atoms. The summed E-state index contributed by atoms with van der Waals surface area (Å²) in [6.45, 7) is 5.62. The molecule has 0 spiro atoms. The Hall–Kier alpha value is -3.68. The molecule has 0 atom stereocenters. The van der Waals surface area contributed by atoms with Crippen LogP contribution >= 0.6 is 0 Å². The van der Waals surface area contributed by atoms with Crippen molar-refractivity contribution in [1.82, 2.24) is 9.88 Å². The predicted molar refractivity (Wildman–Crippen MR) is 128 cm³/mol. The normalized spacial score (nSPS) is 14.5. The Labute approximate surface area is 202 Å². The number of aromatic nitrogens is 1. The predicted octanol–water partition coefficient (Wildman–Crippen LogP) is 5.30. The van der Waals surface area contributed by atoms with Gasteiger partial charge >= 0.3 is 6.18 Å². The molecular formula is C27H26F3N3O2. The number of pyridine rings is 1. The van der Waals surface area contributed by atoms with Crippen LogP contribution in [0.3, 0.4) is 0 Å². The molecule has 0 N–H and O–H groups in total. The lowest BCUT2D eigenvalue weighted by molar-refractivity contribution is -0.137. The fourth-order valence-electron chi connectivity index (χ4n) is 4.25. The Morgan fingerprint density at radius 3 is 2.29 bits per heavy atom. The van der Waals surface area contributed by atoms with Gasteiger partial charge in [-0.25, -0.2) is 4.98 Å². The maximum absolute atomic E-state index is 13.5. The summed E-state index contributed by atoms with van der Waals surface area (Å²) in [6, 6.07) is 14.9. The molecule has 182 valence electrons. The Morgan fingerprint density at radius 2 is 1.60 bits per heavy atom. The van der Waals surface area contributed by atoms with Gasteiger partial charge in [0, 0.05) is 43.5 Å². The van der Waals surface area contributed by atoms with Crippen molar-refractivity contribution in [1.29, 1.82) is 0 Å². The molecule has 1 aromatic heterocycles. The van der Waals surface area contributed by atoms with Crippen molar-refractivity contribution in [2.45, 2.75) is 26.4 Å². The van der Waals surface area contributed by atoms with Crippen molar-refractivity contribution in [2.75, 3.05) is 31.1 Å². The summed E-state index contributed by atoms with van der Waals surface area (Å²) in [5.41, 5.74) is 2.29. The molecule has 1 aliphatic heterocycles. The van der Waals surface area contributed by atoms with E-state index in [4.69, 9.17) is 0 Å². The van der Waals surface area contributed by atoms with Gasteiger partial charge in [0.15, 0.2) is 5.78 Å². The number of ketones is 1. The average molecular weight is 482 g/mol. The first kappa shape index (κ1) is 24.4. The lowest BCUT2D eigenvalue weighted by Gasteiger charge is -2.24. The number of anilines is 1. The van der Waals surface area contributed by atoms with Crippen LogP contribution in [0.5, 0.6) is 0 Å². The lowest BCUT2D eigenvalue weighted by atomic mass is 9.94. The maximum atomic E-state index is 13.5. The second-order valence-electron chi connectivity index (χ2n) is 8.73. The van der Waals surface area contributed by atoms with Gasteiger partial charge in [0.25, 0.3) is 5.91 Å². The van der Waals surface area contributed by atoms with Crippen LogP contribution in [0.1, 0.15) is 49.4 Å². The van der Waals surface area contributed by atoms with E-state index in [0.717, 1.165) is 23.4 Å². The smallest absolute Gasteiger partial charge is 0.355 e. The number of carbonyl (C=O) groups is 2. The zero-order valence-electron chi connectivity index (χ0n) is 19.6. The Morgan fingerprint density at radius 1 is 0.857 bits per heavy atom. The Balaban J connectivity index is 1.52. The SMILES string of the molecule is Cc1ccc(C)c(C(=O)c2ccccc2C(=O)N2CCCN(c3ccc(C(F)(F)F)cn3)CC2)c1. The first-order valence-corrected chi connectivity index (χ1v) is 11.4. The van der Waals surface area contributed by atoms with Crippen LogP contribution in [-0.4, -0.2) is 47.8 Å². The van der Waals surface area contributed by atoms with E-state index in [2.05, 4.69) is 4.98 Å². The molecule has 35 heavy (non-hydrogen) atoms. The van der Waals surface area contributed by atoms with Crippen LogP contribution in [0.4, 0.5) is 19.0 Å². The van der Waals surface area contributed by atoms with Crippen molar-refractivity contribution >= 4 is 17.5 Å². The molecule has 0 saturated carbocycles. The Kier molecular flexibility index (Phi) is 6.91. The third kappa shape index (κ3) is 5.37. The zero-order valence-corrected chi connectivity index (χ0v) is 19.6. The fourth-order valence-corrected chi connectivity index (χ4v) is 4.25. The second-order valence-corrected chi connectivity index (χ2v) is 8.73. The third-order valence-electron chi connectivity index (χ3n) is 6.22. The minimum absolute atomic E-state index is 0.194. The summed E-state index contributed by atoms with van der Waals surface area (Å²) < 4.78 is 38.5. The number of hydrogen-bond acceptors (Lipinski definition) is 4. The molecule has 1 fully saturated rings. The highest BCUT2D eigenvalue weighted by molar-refractivity contribution is 6.16. The van der Waals surface area contributed by atoms with Crippen LogP contribution in [0.15, 0.2) is 60.8 Å². The summed E-state index contributed by atoms with van der Waals surface area (Å²) in [4.78, 5) is 34.4. The van der Waals surface area contributed by atoms with Crippen LogP contribution in [0.25, 0.3) is 0 Å². The molecule has 1 amide bonds. The molecule has 2 aromatic carbocycles. The largest absolute Gasteiger partial charge is 0.417 e. The molecule has 2 heterocycles. The number of alkyl halides is 3. The number of carbonyl (C=O) groups excluding carboxylic acids is 2. The minimum Gasteiger partial charge on any atom is -0.355 e. The van der Waals surface area contributed by atoms with Gasteiger partial charge in [-0.2, -0.15) is 13.2 Å². The molecule has 3 aromatic rings. The van der Waals surface area contributed by atoms with E-state index in [1.165, 1.54) is 6.07 Å². The van der Waals surface area contributed by atoms with Crippen LogP contribution in [0, 0.1) is 13.8 Å². The Bertz CT molecular complexity index is 1240. The van der Waals surface area contributed by atoms with Gasteiger partial charge in [-0.15, -0.1) is 0 Å². The molecule has 0 aliphatic carbocycles. The standard InChI is InChI=1S/C27H26F3N3O2/c1-18-8-9-19(2)23(16-18)25(34)21-6-3-4-7-22(21)26(35)33-13-5-12-32(14-15-33)24-11-10-20(17-31-24)27(28,29)30/h3-4,6-11,16-17H,5,12-15H2,1-2H3. The van der Waals surface area contributed by atoms with Crippen molar-refractivity contribution in [3.8, 4) is 0 Å². The molecule has 8 heteroatoms. The number of hydrogen-bond donors (Lipinski definition) is 0. The fraction of sp³-hybridized carbons (Fsp3) is 0.296. The zero-order chi connectivity index (χ0) is 25.2. The first-order chi connectivity index (χ1) is 16.6. The van der Waals surface area contributed by atoms with Gasteiger partial charge in [-0.3, -0.25) is 9.59 Å². The number of nitrogens with zero attached hydrogens (tertiary/aromatic N) is 3. The number of aryl methyl sites for hydroxylation is 2. The van der Waals surface area contributed by atoms with E-state index < -0.39 is 11.7 Å². The number of halogens is 3. The molecule has 5 nitrogen and oxygen atoms in total. The van der Waals surface area contributed by atoms with E-state index in [9.17, 15) is 22.8 Å². The van der Waals surface area contributed by atoms with Crippen molar-refractivity contribution in [2.24, 2.45) is 0 Å². The maximum Gasteiger partial charge on any atom is 0.417 e. The quantitative estimate of drug-likeness (QED) is 0.475. The van der Waals surface area contributed by atoms with Crippen molar-refractivity contribution < 1.29 is 22.8 Å². The van der Waals surface area contributed by atoms with Crippen molar-refractivity contribution in [3.63, 3.8) is 0 Å². The lowest BCUT2D eigenvalue weighted by Crippen LogP contribution is -2.36. The highest BCUT2D eigenvalue weighted by Crippen LogP contribution is 2.29. The monoisotopic (exact) mass is 481 g/mol. The van der Waals surface area contributed by atoms with Gasteiger partial charge in [0.1, 0.15) is 5.82 Å². The summed E-state index contributed by atoms with van der Waals surface area (Å²) in [6.07, 6.45) is -2.98. The summed E-state index contributed by atoms with van der Waals surface area (Å²) in [5, 5.41) is 0. The van der Waals surface area contributed by atoms with Crippen LogP contribution in [0.2, 0.25) is 0 Å². The van der Waals surface area contributed by atoms with Crippen LogP contribution in [-0.2, 0) is 6.18 Å². The number of amides is 1. The summed E-state index contributed by atoms with van der Waals surface area (Å²) in [7, 11) is 0. The molecular weight excluding hydrogens is 455 g/mol. The van der Waals surface area contributed by atoms with Gasteiger partial charge in [0.05, 0.1) is 11.1 Å². The highest BCUT2D eigenvalue weighted by atomic mass is 19.4. The number of rotatable bonds is 4. The third-order valence-corrected chi connectivity index (χ3v) is 6.22.